The number of aromatic amines is 1. The number of H-pyrrole nitrogens is 1. The Morgan fingerprint density at radius 3 is 2.84 bits per heavy atom. The second-order valence-electron chi connectivity index (χ2n) is 6.49. The molecule has 25 heavy (non-hydrogen) atoms. The van der Waals surface area contributed by atoms with Crippen LogP contribution in [0.15, 0.2) is 54.7 Å². The first-order chi connectivity index (χ1) is 12.1. The average molecular weight is 351 g/mol. The zero-order valence-electron chi connectivity index (χ0n) is 14.1. The third-order valence-corrected chi connectivity index (χ3v) is 4.99. The topological polar surface area (TPSA) is 36.1 Å². The molecule has 0 bridgehead atoms. The van der Waals surface area contributed by atoms with Gasteiger partial charge in [0.1, 0.15) is 0 Å². The van der Waals surface area contributed by atoms with Gasteiger partial charge in [-0.2, -0.15) is 0 Å². The van der Waals surface area contributed by atoms with Crippen LogP contribution >= 0.6 is 11.6 Å². The van der Waals surface area contributed by atoms with Gasteiger partial charge in [0.2, 0.25) is 0 Å². The van der Waals surface area contributed by atoms with Gasteiger partial charge in [-0.3, -0.25) is 4.79 Å². The van der Waals surface area contributed by atoms with Crippen LogP contribution in [-0.2, 0) is 0 Å². The number of aryl methyl sites for hydroxylation is 1. The van der Waals surface area contributed by atoms with Gasteiger partial charge >= 0.3 is 0 Å². The third kappa shape index (κ3) is 3.08. The maximum absolute atomic E-state index is 12.7. The number of aromatic nitrogens is 1. The first kappa shape index (κ1) is 16.0. The van der Waals surface area contributed by atoms with E-state index in [0.29, 0.717) is 6.54 Å². The van der Waals surface area contributed by atoms with Gasteiger partial charge in [-0.1, -0.05) is 41.4 Å². The predicted molar refractivity (Wildman–Crippen MR) is 103 cm³/mol. The summed E-state index contributed by atoms with van der Waals surface area (Å²) in [5.41, 5.74) is 5.40. The van der Waals surface area contributed by atoms with E-state index in [1.807, 2.05) is 54.4 Å². The second kappa shape index (κ2) is 6.41. The maximum Gasteiger partial charge on any atom is 0.254 e. The van der Waals surface area contributed by atoms with E-state index in [1.54, 1.807) is 0 Å². The van der Waals surface area contributed by atoms with Crippen LogP contribution in [0.4, 0.5) is 0 Å². The van der Waals surface area contributed by atoms with Crippen molar-refractivity contribution in [3.8, 4) is 0 Å². The van der Waals surface area contributed by atoms with E-state index in [1.165, 1.54) is 16.5 Å². The molecule has 1 aliphatic heterocycles. The summed E-state index contributed by atoms with van der Waals surface area (Å²) < 4.78 is 0. The van der Waals surface area contributed by atoms with Crippen molar-refractivity contribution in [1.82, 2.24) is 9.88 Å². The molecule has 0 unspecified atom stereocenters. The van der Waals surface area contributed by atoms with Crippen LogP contribution in [0.2, 0.25) is 5.02 Å². The van der Waals surface area contributed by atoms with Gasteiger partial charge in [-0.25, -0.2) is 0 Å². The highest BCUT2D eigenvalue weighted by molar-refractivity contribution is 6.31. The van der Waals surface area contributed by atoms with Gasteiger partial charge in [-0.15, -0.1) is 0 Å². The molecule has 0 radical (unpaired) electrons. The number of hydrogen-bond donors (Lipinski definition) is 1. The molecule has 1 amide bonds. The van der Waals surface area contributed by atoms with Gasteiger partial charge < -0.3 is 9.88 Å². The van der Waals surface area contributed by atoms with Gasteiger partial charge in [0.05, 0.1) is 0 Å². The Balaban J connectivity index is 1.56. The Kier molecular flexibility index (Phi) is 4.10. The minimum Gasteiger partial charge on any atom is -0.361 e. The quantitative estimate of drug-likeness (QED) is 0.689. The monoisotopic (exact) mass is 350 g/mol. The number of carbonyl (C=O) groups is 1. The highest BCUT2D eigenvalue weighted by Gasteiger charge is 2.20. The molecule has 4 rings (SSSR count). The number of carbonyl (C=O) groups excluding carboxylic acids is 1. The fourth-order valence-electron chi connectivity index (χ4n) is 3.42. The van der Waals surface area contributed by atoms with Gasteiger partial charge in [0, 0.05) is 46.3 Å². The number of benzene rings is 2. The van der Waals surface area contributed by atoms with E-state index >= 15 is 0 Å². The molecule has 0 spiro atoms. The number of halogens is 1. The van der Waals surface area contributed by atoms with Crippen molar-refractivity contribution >= 4 is 34.0 Å². The van der Waals surface area contributed by atoms with E-state index < -0.39 is 0 Å². The number of hydrogen-bond acceptors (Lipinski definition) is 1. The Morgan fingerprint density at radius 1 is 1.20 bits per heavy atom. The number of nitrogens with zero attached hydrogens (tertiary/aromatic N) is 1. The van der Waals surface area contributed by atoms with Crippen LogP contribution in [0.5, 0.6) is 0 Å². The zero-order valence-corrected chi connectivity index (χ0v) is 14.8. The van der Waals surface area contributed by atoms with Crippen molar-refractivity contribution in [2.75, 3.05) is 13.1 Å². The molecule has 1 N–H and O–H groups in total. The molecule has 3 aromatic rings. The predicted octanol–water partition coefficient (Wildman–Crippen LogP) is 5.06. The summed E-state index contributed by atoms with van der Waals surface area (Å²) in [7, 11) is 0. The summed E-state index contributed by atoms with van der Waals surface area (Å²) in [5, 5.41) is 1.91. The smallest absolute Gasteiger partial charge is 0.254 e. The lowest BCUT2D eigenvalue weighted by atomic mass is 9.98. The molecular weight excluding hydrogens is 332 g/mol. The van der Waals surface area contributed by atoms with Crippen molar-refractivity contribution in [3.05, 3.63) is 76.5 Å². The molecule has 3 nitrogen and oxygen atoms in total. The van der Waals surface area contributed by atoms with Crippen LogP contribution in [0, 0.1) is 6.92 Å². The van der Waals surface area contributed by atoms with Crippen LogP contribution in [-0.4, -0.2) is 28.9 Å². The zero-order chi connectivity index (χ0) is 17.4. The molecular formula is C21H19ClN2O. The van der Waals surface area contributed by atoms with Crippen molar-refractivity contribution in [3.63, 3.8) is 0 Å². The summed E-state index contributed by atoms with van der Waals surface area (Å²) in [6.07, 6.45) is 5.05. The van der Waals surface area contributed by atoms with Crippen molar-refractivity contribution < 1.29 is 4.79 Å². The largest absolute Gasteiger partial charge is 0.361 e. The fraction of sp³-hybridized carbons (Fsp3) is 0.190. The molecule has 126 valence electrons. The van der Waals surface area contributed by atoms with Crippen LogP contribution in [0.3, 0.4) is 0 Å². The molecule has 1 aliphatic rings. The molecule has 0 fully saturated rings. The Labute approximate surface area is 151 Å². The molecule has 1 aromatic heterocycles. The highest BCUT2D eigenvalue weighted by atomic mass is 35.5. The number of rotatable bonds is 2. The average Bonchev–Trinajstić information content (AvgIpc) is 3.04. The summed E-state index contributed by atoms with van der Waals surface area (Å²) in [6, 6.07) is 13.7. The Bertz CT molecular complexity index is 986. The van der Waals surface area contributed by atoms with Crippen LogP contribution < -0.4 is 0 Å². The Morgan fingerprint density at radius 2 is 2.08 bits per heavy atom. The SMILES string of the molecule is Cc1cccc(C(=O)N2CC=C(c3c[nH]c4cc(Cl)ccc34)CC2)c1. The molecule has 0 saturated heterocycles. The normalized spacial score (nSPS) is 14.6. The Hall–Kier alpha value is -2.52. The van der Waals surface area contributed by atoms with Gasteiger partial charge in [0.15, 0.2) is 0 Å². The van der Waals surface area contributed by atoms with E-state index in [-0.39, 0.29) is 5.91 Å². The fourth-order valence-corrected chi connectivity index (χ4v) is 3.60. The van der Waals surface area contributed by atoms with Gasteiger partial charge in [-0.05, 0) is 43.2 Å². The van der Waals surface area contributed by atoms with E-state index in [2.05, 4.69) is 17.1 Å². The number of fused-ring (bicyclic) bond motifs is 1. The molecule has 2 aromatic carbocycles. The molecule has 0 saturated carbocycles. The van der Waals surface area contributed by atoms with Gasteiger partial charge in [0.25, 0.3) is 5.91 Å². The molecule has 0 aliphatic carbocycles. The summed E-state index contributed by atoms with van der Waals surface area (Å²) in [5.74, 6) is 0.102. The highest BCUT2D eigenvalue weighted by Crippen LogP contribution is 2.30. The first-order valence-corrected chi connectivity index (χ1v) is 8.81. The molecule has 0 atom stereocenters. The minimum atomic E-state index is 0.102. The lowest BCUT2D eigenvalue weighted by Gasteiger charge is -2.26. The summed E-state index contributed by atoms with van der Waals surface area (Å²) in [6.45, 7) is 3.38. The number of amides is 1. The second-order valence-corrected chi connectivity index (χ2v) is 6.93. The number of nitrogens with one attached hydrogen (secondary N) is 1. The lowest BCUT2D eigenvalue weighted by molar-refractivity contribution is 0.0773. The minimum absolute atomic E-state index is 0.102. The standard InChI is InChI=1S/C21H19ClN2O/c1-14-3-2-4-16(11-14)21(25)24-9-7-15(8-10-24)19-13-23-20-12-17(22)5-6-18(19)20/h2-7,11-13,23H,8-10H2,1H3. The lowest BCUT2D eigenvalue weighted by Crippen LogP contribution is -2.34. The van der Waals surface area contributed by atoms with Crippen molar-refractivity contribution in [2.24, 2.45) is 0 Å². The summed E-state index contributed by atoms with van der Waals surface area (Å²) >= 11 is 6.06. The summed E-state index contributed by atoms with van der Waals surface area (Å²) in [4.78, 5) is 17.9. The third-order valence-electron chi connectivity index (χ3n) is 4.75. The van der Waals surface area contributed by atoms with E-state index in [0.717, 1.165) is 34.6 Å². The molecule has 2 heterocycles. The van der Waals surface area contributed by atoms with E-state index in [9.17, 15) is 4.79 Å². The molecule has 4 heteroatoms. The maximum atomic E-state index is 12.7. The van der Waals surface area contributed by atoms with E-state index in [4.69, 9.17) is 11.6 Å². The van der Waals surface area contributed by atoms with Crippen molar-refractivity contribution in [2.45, 2.75) is 13.3 Å². The van der Waals surface area contributed by atoms with Crippen LogP contribution in [0.1, 0.15) is 27.9 Å². The first-order valence-electron chi connectivity index (χ1n) is 8.44. The van der Waals surface area contributed by atoms with Crippen LogP contribution in [0.25, 0.3) is 16.5 Å². The van der Waals surface area contributed by atoms with Crippen molar-refractivity contribution in [1.29, 1.82) is 0 Å².